The zero-order valence-electron chi connectivity index (χ0n) is 16.0. The summed E-state index contributed by atoms with van der Waals surface area (Å²) in [5, 5.41) is 0. The van der Waals surface area contributed by atoms with E-state index in [-0.39, 0.29) is 23.3 Å². The van der Waals surface area contributed by atoms with Gasteiger partial charge in [0.1, 0.15) is 0 Å². The molecule has 2 saturated heterocycles. The maximum Gasteiger partial charge on any atom is 0.255 e. The molecule has 0 N–H and O–H groups in total. The molecule has 140 valence electrons. The summed E-state index contributed by atoms with van der Waals surface area (Å²) in [5.41, 5.74) is 2.71. The first-order valence-corrected chi connectivity index (χ1v) is 10.1. The van der Waals surface area contributed by atoms with Crippen molar-refractivity contribution in [3.63, 3.8) is 0 Å². The van der Waals surface area contributed by atoms with Crippen molar-refractivity contribution in [2.45, 2.75) is 64.8 Å². The number of piperidine rings is 1. The monoisotopic (exact) mass is 355 g/mol. The van der Waals surface area contributed by atoms with Crippen LogP contribution >= 0.6 is 0 Å². The van der Waals surface area contributed by atoms with Crippen molar-refractivity contribution in [1.29, 1.82) is 0 Å². The van der Waals surface area contributed by atoms with Crippen molar-refractivity contribution < 1.29 is 9.59 Å². The van der Waals surface area contributed by atoms with Crippen LogP contribution in [0.25, 0.3) is 0 Å². The Morgan fingerprint density at radius 2 is 1.96 bits per heavy atom. The Morgan fingerprint density at radius 1 is 1.15 bits per heavy atom. The van der Waals surface area contributed by atoms with Crippen molar-refractivity contribution in [2.24, 2.45) is 5.41 Å². The summed E-state index contributed by atoms with van der Waals surface area (Å²) in [4.78, 5) is 34.5. The van der Waals surface area contributed by atoms with E-state index in [1.165, 1.54) is 18.4 Å². The summed E-state index contributed by atoms with van der Waals surface area (Å²) in [7, 11) is 0. The third kappa shape index (κ3) is 2.91. The number of hydrogen-bond donors (Lipinski definition) is 0. The number of pyridine rings is 1. The van der Waals surface area contributed by atoms with Crippen molar-refractivity contribution in [1.82, 2.24) is 14.8 Å². The van der Waals surface area contributed by atoms with E-state index in [0.717, 1.165) is 44.3 Å². The molecule has 1 aromatic rings. The predicted molar refractivity (Wildman–Crippen MR) is 99.9 cm³/mol. The summed E-state index contributed by atoms with van der Waals surface area (Å²) in [5.74, 6) is 0.287. The molecule has 1 aliphatic carbocycles. The molecule has 3 heterocycles. The van der Waals surface area contributed by atoms with Gasteiger partial charge in [0.05, 0.1) is 11.0 Å². The molecule has 4 rings (SSSR count). The molecule has 1 atom stereocenters. The summed E-state index contributed by atoms with van der Waals surface area (Å²) >= 11 is 0. The average molecular weight is 355 g/mol. The topological polar surface area (TPSA) is 53.5 Å². The summed E-state index contributed by atoms with van der Waals surface area (Å²) in [6.45, 7) is 6.24. The van der Waals surface area contributed by atoms with Gasteiger partial charge in [-0.3, -0.25) is 14.6 Å². The number of amides is 2. The molecule has 0 radical (unpaired) electrons. The van der Waals surface area contributed by atoms with Crippen LogP contribution in [0.4, 0.5) is 0 Å². The Labute approximate surface area is 155 Å². The van der Waals surface area contributed by atoms with Gasteiger partial charge in [-0.1, -0.05) is 0 Å². The minimum atomic E-state index is -0.361. The lowest BCUT2D eigenvalue weighted by Gasteiger charge is -2.41. The van der Waals surface area contributed by atoms with Gasteiger partial charge in [0.2, 0.25) is 5.91 Å². The summed E-state index contributed by atoms with van der Waals surface area (Å²) < 4.78 is 0. The standard InChI is InChI=1S/C21H29N3O2/c1-15(2)24-10-5-8-21(20(24)26)9-11-23(14-21)19(25)17-12-16-6-3-4-7-18(16)22-13-17/h12-13,15H,3-11,14H2,1-2H3. The van der Waals surface area contributed by atoms with Gasteiger partial charge in [0.25, 0.3) is 5.91 Å². The summed E-state index contributed by atoms with van der Waals surface area (Å²) in [6, 6.07) is 2.27. The van der Waals surface area contributed by atoms with E-state index in [9.17, 15) is 9.59 Å². The second-order valence-corrected chi connectivity index (χ2v) is 8.49. The second kappa shape index (κ2) is 6.67. The lowest BCUT2D eigenvalue weighted by molar-refractivity contribution is -0.147. The zero-order chi connectivity index (χ0) is 18.3. The number of hydrogen-bond acceptors (Lipinski definition) is 3. The Morgan fingerprint density at radius 3 is 2.77 bits per heavy atom. The van der Waals surface area contributed by atoms with E-state index in [1.54, 1.807) is 6.20 Å². The Balaban J connectivity index is 1.51. The number of aromatic nitrogens is 1. The maximum atomic E-state index is 13.1. The highest BCUT2D eigenvalue weighted by atomic mass is 16.2. The first-order valence-electron chi connectivity index (χ1n) is 10.1. The molecule has 0 aromatic carbocycles. The largest absolute Gasteiger partial charge is 0.340 e. The van der Waals surface area contributed by atoms with Crippen molar-refractivity contribution in [2.75, 3.05) is 19.6 Å². The van der Waals surface area contributed by atoms with E-state index in [4.69, 9.17) is 0 Å². The minimum Gasteiger partial charge on any atom is -0.340 e. The minimum absolute atomic E-state index is 0.0391. The van der Waals surface area contributed by atoms with E-state index in [1.807, 2.05) is 15.9 Å². The maximum absolute atomic E-state index is 13.1. The third-order valence-electron chi connectivity index (χ3n) is 6.45. The number of nitrogens with zero attached hydrogens (tertiary/aromatic N) is 3. The van der Waals surface area contributed by atoms with Gasteiger partial charge in [0.15, 0.2) is 0 Å². The molecular weight excluding hydrogens is 326 g/mol. The van der Waals surface area contributed by atoms with Crippen molar-refractivity contribution in [3.8, 4) is 0 Å². The van der Waals surface area contributed by atoms with Gasteiger partial charge in [-0.25, -0.2) is 0 Å². The van der Waals surface area contributed by atoms with Gasteiger partial charge >= 0.3 is 0 Å². The number of carbonyl (C=O) groups excluding carboxylic acids is 2. The Kier molecular flexibility index (Phi) is 4.49. The first kappa shape index (κ1) is 17.5. The van der Waals surface area contributed by atoms with Crippen LogP contribution in [0.5, 0.6) is 0 Å². The molecule has 0 saturated carbocycles. The molecule has 3 aliphatic rings. The highest BCUT2D eigenvalue weighted by molar-refractivity contribution is 5.95. The number of likely N-dealkylation sites (tertiary alicyclic amines) is 2. The smallest absolute Gasteiger partial charge is 0.255 e. The van der Waals surface area contributed by atoms with Crippen LogP contribution in [0.15, 0.2) is 12.3 Å². The van der Waals surface area contributed by atoms with E-state index < -0.39 is 0 Å². The second-order valence-electron chi connectivity index (χ2n) is 8.49. The van der Waals surface area contributed by atoms with Crippen LogP contribution < -0.4 is 0 Å². The predicted octanol–water partition coefficient (Wildman–Crippen LogP) is 2.82. The number of aryl methyl sites for hydroxylation is 2. The van der Waals surface area contributed by atoms with Gasteiger partial charge in [-0.15, -0.1) is 0 Å². The SMILES string of the molecule is CC(C)N1CCCC2(CCN(C(=O)c3cnc4c(c3)CCCC4)C2)C1=O. The molecule has 2 amide bonds. The molecule has 2 aliphatic heterocycles. The van der Waals surface area contributed by atoms with Gasteiger partial charge in [-0.2, -0.15) is 0 Å². The molecule has 26 heavy (non-hydrogen) atoms. The van der Waals surface area contributed by atoms with Crippen LogP contribution in [0.3, 0.4) is 0 Å². The molecule has 1 spiro atoms. The van der Waals surface area contributed by atoms with Gasteiger partial charge in [0, 0.05) is 37.6 Å². The highest BCUT2D eigenvalue weighted by Crippen LogP contribution is 2.41. The number of rotatable bonds is 2. The third-order valence-corrected chi connectivity index (χ3v) is 6.45. The fourth-order valence-electron chi connectivity index (χ4n) is 4.91. The molecule has 1 aromatic heterocycles. The molecule has 5 heteroatoms. The van der Waals surface area contributed by atoms with Crippen LogP contribution in [-0.2, 0) is 17.6 Å². The van der Waals surface area contributed by atoms with Gasteiger partial charge in [-0.05, 0) is 70.4 Å². The van der Waals surface area contributed by atoms with E-state index in [2.05, 4.69) is 18.8 Å². The van der Waals surface area contributed by atoms with Crippen LogP contribution in [0.1, 0.15) is 67.6 Å². The van der Waals surface area contributed by atoms with Crippen LogP contribution in [0.2, 0.25) is 0 Å². The molecule has 0 bridgehead atoms. The lowest BCUT2D eigenvalue weighted by Crippen LogP contribution is -2.52. The molecule has 5 nitrogen and oxygen atoms in total. The van der Waals surface area contributed by atoms with Crippen LogP contribution in [0, 0.1) is 5.41 Å². The van der Waals surface area contributed by atoms with Gasteiger partial charge < -0.3 is 9.80 Å². The highest BCUT2D eigenvalue weighted by Gasteiger charge is 2.49. The number of carbonyl (C=O) groups is 2. The average Bonchev–Trinajstić information content (AvgIpc) is 3.08. The Hall–Kier alpha value is -1.91. The summed E-state index contributed by atoms with van der Waals surface area (Å²) in [6.07, 6.45) is 8.88. The fraction of sp³-hybridized carbons (Fsp3) is 0.667. The van der Waals surface area contributed by atoms with Crippen molar-refractivity contribution >= 4 is 11.8 Å². The van der Waals surface area contributed by atoms with Crippen LogP contribution in [-0.4, -0.2) is 52.3 Å². The van der Waals surface area contributed by atoms with E-state index in [0.29, 0.717) is 18.7 Å². The normalized spacial score (nSPS) is 25.9. The molecular formula is C21H29N3O2. The number of fused-ring (bicyclic) bond motifs is 1. The van der Waals surface area contributed by atoms with Crippen molar-refractivity contribution in [3.05, 3.63) is 29.1 Å². The lowest BCUT2D eigenvalue weighted by atomic mass is 9.78. The first-order chi connectivity index (χ1) is 12.5. The van der Waals surface area contributed by atoms with E-state index >= 15 is 0 Å². The fourth-order valence-corrected chi connectivity index (χ4v) is 4.91. The molecule has 2 fully saturated rings. The quantitative estimate of drug-likeness (QED) is 0.820. The molecule has 1 unspecified atom stereocenters. The Bertz CT molecular complexity index is 730. The zero-order valence-corrected chi connectivity index (χ0v) is 16.0.